The Kier molecular flexibility index (Phi) is 5.66. The lowest BCUT2D eigenvalue weighted by Crippen LogP contribution is -2.37. The summed E-state index contributed by atoms with van der Waals surface area (Å²) in [5.41, 5.74) is 5.70. The molecule has 1 aliphatic carbocycles. The number of pyridine rings is 1. The third-order valence-electron chi connectivity index (χ3n) is 7.01. The van der Waals surface area contributed by atoms with Gasteiger partial charge in [-0.1, -0.05) is 18.9 Å². The molecule has 7 heteroatoms. The third-order valence-corrected chi connectivity index (χ3v) is 7.34. The number of carboxylic acids is 1. The van der Waals surface area contributed by atoms with Crippen LogP contribution < -0.4 is 5.32 Å². The van der Waals surface area contributed by atoms with Gasteiger partial charge in [0, 0.05) is 29.3 Å². The van der Waals surface area contributed by atoms with Crippen molar-refractivity contribution in [3.05, 3.63) is 82.9 Å². The minimum Gasteiger partial charge on any atom is -0.478 e. The zero-order valence-electron chi connectivity index (χ0n) is 18.9. The highest BCUT2D eigenvalue weighted by Crippen LogP contribution is 2.44. The van der Waals surface area contributed by atoms with Crippen LogP contribution in [0.2, 0.25) is 0 Å². The molecule has 2 fully saturated rings. The Labute approximate surface area is 199 Å². The van der Waals surface area contributed by atoms with Crippen molar-refractivity contribution < 1.29 is 9.90 Å². The lowest BCUT2D eigenvalue weighted by Gasteiger charge is -2.33. The number of benzene rings is 1. The fourth-order valence-corrected chi connectivity index (χ4v) is 5.90. The van der Waals surface area contributed by atoms with Crippen LogP contribution in [0.5, 0.6) is 0 Å². The molecule has 1 saturated heterocycles. The van der Waals surface area contributed by atoms with Crippen LogP contribution in [0.25, 0.3) is 5.69 Å². The summed E-state index contributed by atoms with van der Waals surface area (Å²) in [7, 11) is 0. The highest BCUT2D eigenvalue weighted by Gasteiger charge is 2.44. The lowest BCUT2D eigenvalue weighted by atomic mass is 9.95. The molecule has 1 saturated carbocycles. The molecule has 2 atom stereocenters. The Morgan fingerprint density at radius 1 is 1.12 bits per heavy atom. The Hall–Kier alpha value is -3.19. The van der Waals surface area contributed by atoms with Gasteiger partial charge in [-0.3, -0.25) is 4.98 Å². The second kappa shape index (κ2) is 8.63. The number of aromatic nitrogens is 2. The maximum atomic E-state index is 11.3. The Morgan fingerprint density at radius 3 is 2.48 bits per heavy atom. The highest BCUT2D eigenvalue weighted by molar-refractivity contribution is 7.80. The topological polar surface area (TPSA) is 70.4 Å². The van der Waals surface area contributed by atoms with E-state index in [0.29, 0.717) is 6.04 Å². The van der Waals surface area contributed by atoms with Gasteiger partial charge in [0.25, 0.3) is 0 Å². The molecule has 2 aromatic heterocycles. The number of nitrogens with one attached hydrogen (secondary N) is 1. The normalized spacial score (nSPS) is 20.9. The van der Waals surface area contributed by atoms with Crippen molar-refractivity contribution in [2.75, 3.05) is 0 Å². The molecular formula is C26H28N4O2S. The zero-order chi connectivity index (χ0) is 23.1. The van der Waals surface area contributed by atoms with Crippen molar-refractivity contribution in [3.63, 3.8) is 0 Å². The van der Waals surface area contributed by atoms with Gasteiger partial charge in [-0.05, 0) is 86.9 Å². The quantitative estimate of drug-likeness (QED) is 0.516. The summed E-state index contributed by atoms with van der Waals surface area (Å²) in [6.45, 7) is 4.23. The van der Waals surface area contributed by atoms with Crippen LogP contribution in [0, 0.1) is 13.8 Å². The molecule has 170 valence electrons. The molecule has 0 spiro atoms. The molecule has 1 aliphatic heterocycles. The van der Waals surface area contributed by atoms with Crippen LogP contribution in [0.15, 0.2) is 54.7 Å². The van der Waals surface area contributed by atoms with Gasteiger partial charge >= 0.3 is 5.97 Å². The highest BCUT2D eigenvalue weighted by atomic mass is 32.1. The molecule has 33 heavy (non-hydrogen) atoms. The van der Waals surface area contributed by atoms with Crippen molar-refractivity contribution in [2.45, 2.75) is 57.7 Å². The van der Waals surface area contributed by atoms with Gasteiger partial charge in [-0.15, -0.1) is 0 Å². The zero-order valence-corrected chi connectivity index (χ0v) is 19.7. The number of carbonyl (C=O) groups is 1. The van der Waals surface area contributed by atoms with Crippen LogP contribution in [0.4, 0.5) is 0 Å². The standard InChI is InChI=1S/C26H28N4O2S/c1-16-15-21(17(2)29(16)20-12-10-18(11-13-20)25(31)32)24-23(22-9-5-6-14-27-22)28-26(33)30(24)19-7-3-4-8-19/h5-6,9-15,19,23-24H,3-4,7-8H2,1-2H3,(H,28,33)(H,31,32)/t23-,24-/m1/s1. The second-order valence-electron chi connectivity index (χ2n) is 8.99. The summed E-state index contributed by atoms with van der Waals surface area (Å²) in [4.78, 5) is 18.4. The summed E-state index contributed by atoms with van der Waals surface area (Å²) in [5, 5.41) is 13.6. The first-order valence-corrected chi connectivity index (χ1v) is 11.9. The number of thiocarbonyl (C=S) groups is 1. The molecule has 0 amide bonds. The van der Waals surface area contributed by atoms with E-state index in [-0.39, 0.29) is 17.6 Å². The number of aryl methyl sites for hydroxylation is 1. The monoisotopic (exact) mass is 460 g/mol. The molecule has 2 N–H and O–H groups in total. The van der Waals surface area contributed by atoms with E-state index in [9.17, 15) is 9.90 Å². The number of rotatable bonds is 5. The third kappa shape index (κ3) is 3.80. The summed E-state index contributed by atoms with van der Waals surface area (Å²) < 4.78 is 2.20. The van der Waals surface area contributed by atoms with E-state index in [1.165, 1.54) is 18.4 Å². The lowest BCUT2D eigenvalue weighted by molar-refractivity contribution is 0.0697. The largest absolute Gasteiger partial charge is 0.478 e. The molecule has 3 heterocycles. The van der Waals surface area contributed by atoms with Gasteiger partial charge in [0.2, 0.25) is 0 Å². The Bertz CT molecular complexity index is 1180. The first kappa shape index (κ1) is 21.6. The van der Waals surface area contributed by atoms with Crippen LogP contribution in [0.3, 0.4) is 0 Å². The van der Waals surface area contributed by atoms with Gasteiger partial charge in [0.1, 0.15) is 0 Å². The number of aromatic carboxylic acids is 1. The molecule has 6 nitrogen and oxygen atoms in total. The predicted molar refractivity (Wildman–Crippen MR) is 132 cm³/mol. The molecule has 2 aliphatic rings. The molecule has 0 radical (unpaired) electrons. The van der Waals surface area contributed by atoms with Gasteiger partial charge in [0.05, 0.1) is 23.3 Å². The first-order chi connectivity index (χ1) is 16.0. The van der Waals surface area contributed by atoms with Crippen LogP contribution >= 0.6 is 12.2 Å². The first-order valence-electron chi connectivity index (χ1n) is 11.5. The van der Waals surface area contributed by atoms with Gasteiger partial charge in [-0.2, -0.15) is 0 Å². The van der Waals surface area contributed by atoms with E-state index in [2.05, 4.69) is 45.7 Å². The van der Waals surface area contributed by atoms with E-state index < -0.39 is 5.97 Å². The minimum absolute atomic E-state index is 0.0253. The van der Waals surface area contributed by atoms with Crippen molar-refractivity contribution in [1.29, 1.82) is 0 Å². The summed E-state index contributed by atoms with van der Waals surface area (Å²) in [6.07, 6.45) is 6.62. The van der Waals surface area contributed by atoms with Crippen LogP contribution in [-0.2, 0) is 0 Å². The number of carboxylic acid groups (broad SMARTS) is 1. The maximum Gasteiger partial charge on any atom is 0.335 e. The van der Waals surface area contributed by atoms with Gasteiger partial charge in [-0.25, -0.2) is 4.79 Å². The van der Waals surface area contributed by atoms with E-state index in [1.54, 1.807) is 12.1 Å². The van der Waals surface area contributed by atoms with Gasteiger partial charge < -0.3 is 19.9 Å². The fraction of sp³-hybridized carbons (Fsp3) is 0.346. The van der Waals surface area contributed by atoms with Crippen molar-refractivity contribution >= 4 is 23.3 Å². The number of hydrogen-bond donors (Lipinski definition) is 2. The van der Waals surface area contributed by atoms with Crippen molar-refractivity contribution in [3.8, 4) is 5.69 Å². The molecular weight excluding hydrogens is 432 g/mol. The molecule has 5 rings (SSSR count). The average molecular weight is 461 g/mol. The SMILES string of the molecule is Cc1cc([C@@H]2[C@@H](c3ccccn3)NC(=S)N2C2CCCC2)c(C)n1-c1ccc(C(=O)O)cc1. The van der Waals surface area contributed by atoms with Crippen molar-refractivity contribution in [1.82, 2.24) is 19.8 Å². The van der Waals surface area contributed by atoms with E-state index >= 15 is 0 Å². The van der Waals surface area contributed by atoms with Gasteiger partial charge in [0.15, 0.2) is 5.11 Å². The van der Waals surface area contributed by atoms with E-state index in [4.69, 9.17) is 12.2 Å². The fourth-order valence-electron chi connectivity index (χ4n) is 5.51. The maximum absolute atomic E-state index is 11.3. The molecule has 0 bridgehead atoms. The predicted octanol–water partition coefficient (Wildman–Crippen LogP) is 5.10. The summed E-state index contributed by atoms with van der Waals surface area (Å²) >= 11 is 5.87. The van der Waals surface area contributed by atoms with Crippen LogP contribution in [0.1, 0.15) is 70.8 Å². The smallest absolute Gasteiger partial charge is 0.335 e. The Balaban J connectivity index is 1.60. The minimum atomic E-state index is -0.917. The van der Waals surface area contributed by atoms with E-state index in [0.717, 1.165) is 40.7 Å². The molecule has 3 aromatic rings. The number of nitrogens with zero attached hydrogens (tertiary/aromatic N) is 3. The summed E-state index contributed by atoms with van der Waals surface area (Å²) in [6, 6.07) is 15.8. The number of hydrogen-bond acceptors (Lipinski definition) is 3. The second-order valence-corrected chi connectivity index (χ2v) is 9.37. The molecule has 1 aromatic carbocycles. The Morgan fingerprint density at radius 2 is 1.85 bits per heavy atom. The van der Waals surface area contributed by atoms with Crippen LogP contribution in [-0.4, -0.2) is 36.7 Å². The average Bonchev–Trinajstić information content (AvgIpc) is 3.52. The van der Waals surface area contributed by atoms with Crippen molar-refractivity contribution in [2.24, 2.45) is 0 Å². The molecule has 0 unspecified atom stereocenters. The van der Waals surface area contributed by atoms with E-state index in [1.807, 2.05) is 30.5 Å². The summed E-state index contributed by atoms with van der Waals surface area (Å²) in [5.74, 6) is -0.917.